The van der Waals surface area contributed by atoms with Gasteiger partial charge in [0.05, 0.1) is 13.2 Å². The van der Waals surface area contributed by atoms with E-state index in [0.29, 0.717) is 13.2 Å². The molecule has 0 amide bonds. The van der Waals surface area contributed by atoms with Gasteiger partial charge in [0.1, 0.15) is 13.6 Å². The Labute approximate surface area is 82.7 Å². The van der Waals surface area contributed by atoms with E-state index in [2.05, 4.69) is 0 Å². The largest absolute Gasteiger partial charge is 0.371 e. The van der Waals surface area contributed by atoms with E-state index in [-0.39, 0.29) is 13.6 Å². The third-order valence-electron chi connectivity index (χ3n) is 1.71. The smallest absolute Gasteiger partial charge is 0.144 e. The van der Waals surface area contributed by atoms with Gasteiger partial charge in [-0.25, -0.2) is 0 Å². The summed E-state index contributed by atoms with van der Waals surface area (Å²) in [5.41, 5.74) is 1.94. The van der Waals surface area contributed by atoms with Crippen LogP contribution >= 0.6 is 0 Å². The van der Waals surface area contributed by atoms with E-state index < -0.39 is 0 Å². The third kappa shape index (κ3) is 3.85. The fourth-order valence-corrected chi connectivity index (χ4v) is 1.14. The minimum atomic E-state index is -0.280. The third-order valence-corrected chi connectivity index (χ3v) is 1.71. The van der Waals surface area contributed by atoms with Gasteiger partial charge in [0.15, 0.2) is 0 Å². The summed E-state index contributed by atoms with van der Waals surface area (Å²) < 4.78 is 9.69. The van der Waals surface area contributed by atoms with E-state index in [9.17, 15) is 0 Å². The van der Waals surface area contributed by atoms with E-state index >= 15 is 0 Å². The first-order valence-corrected chi connectivity index (χ1v) is 4.32. The Hall–Kier alpha value is -0.940. The lowest BCUT2D eigenvalue weighted by atomic mass is 10.1. The van der Waals surface area contributed by atoms with Gasteiger partial charge in [0, 0.05) is 0 Å². The Morgan fingerprint density at radius 3 is 1.86 bits per heavy atom. The highest BCUT2D eigenvalue weighted by molar-refractivity contribution is 5.22. The number of rotatable bonds is 6. The van der Waals surface area contributed by atoms with Crippen LogP contribution in [0.5, 0.6) is 0 Å². The van der Waals surface area contributed by atoms with Crippen LogP contribution in [0.25, 0.3) is 0 Å². The molecule has 0 saturated heterocycles. The highest BCUT2D eigenvalue weighted by Gasteiger charge is 1.96. The lowest BCUT2D eigenvalue weighted by Gasteiger charge is -2.04. The molecule has 0 saturated carbocycles. The maximum absolute atomic E-state index is 8.46. The lowest BCUT2D eigenvalue weighted by Crippen LogP contribution is -1.97. The van der Waals surface area contributed by atoms with E-state index in [1.54, 1.807) is 0 Å². The topological polar surface area (TPSA) is 58.9 Å². The Morgan fingerprint density at radius 1 is 0.929 bits per heavy atom. The molecule has 0 unspecified atom stereocenters. The van der Waals surface area contributed by atoms with Crippen LogP contribution in [0.1, 0.15) is 11.1 Å². The summed E-state index contributed by atoms with van der Waals surface area (Å²) in [5, 5.41) is 16.9. The zero-order valence-corrected chi connectivity index (χ0v) is 7.85. The first-order valence-electron chi connectivity index (χ1n) is 4.32. The van der Waals surface area contributed by atoms with Gasteiger partial charge in [-0.2, -0.15) is 0 Å². The lowest BCUT2D eigenvalue weighted by molar-refractivity contribution is -0.0130. The van der Waals surface area contributed by atoms with Crippen LogP contribution in [0.15, 0.2) is 24.3 Å². The summed E-state index contributed by atoms with van der Waals surface area (Å²) in [6.07, 6.45) is 0. The van der Waals surface area contributed by atoms with Crippen molar-refractivity contribution in [2.45, 2.75) is 13.2 Å². The monoisotopic (exact) mass is 198 g/mol. The number of ether oxygens (including phenoxy) is 2. The van der Waals surface area contributed by atoms with Crippen LogP contribution in [0, 0.1) is 0 Å². The average Bonchev–Trinajstić information content (AvgIpc) is 2.24. The molecular weight excluding hydrogens is 184 g/mol. The quantitative estimate of drug-likeness (QED) is 0.658. The van der Waals surface area contributed by atoms with E-state index in [1.807, 2.05) is 24.3 Å². The first kappa shape index (κ1) is 11.1. The molecule has 0 spiro atoms. The standard InChI is InChI=1S/C10H14O4/c11-7-13-5-9-2-1-3-10(4-9)6-14-8-12/h1-4,11-12H,5-8H2. The SMILES string of the molecule is OCOCc1cccc(COCO)c1. The summed E-state index contributed by atoms with van der Waals surface area (Å²) in [7, 11) is 0. The van der Waals surface area contributed by atoms with Crippen molar-refractivity contribution in [3.63, 3.8) is 0 Å². The van der Waals surface area contributed by atoms with Crippen molar-refractivity contribution in [2.75, 3.05) is 13.6 Å². The minimum absolute atomic E-state index is 0.280. The van der Waals surface area contributed by atoms with Crippen LogP contribution in [0.3, 0.4) is 0 Å². The average molecular weight is 198 g/mol. The van der Waals surface area contributed by atoms with Crippen LogP contribution in [0.2, 0.25) is 0 Å². The Balaban J connectivity index is 2.50. The maximum Gasteiger partial charge on any atom is 0.144 e. The zero-order chi connectivity index (χ0) is 10.2. The van der Waals surface area contributed by atoms with E-state index in [0.717, 1.165) is 11.1 Å². The van der Waals surface area contributed by atoms with Crippen molar-refractivity contribution in [2.24, 2.45) is 0 Å². The molecule has 4 heteroatoms. The van der Waals surface area contributed by atoms with Crippen LogP contribution in [-0.4, -0.2) is 23.8 Å². The van der Waals surface area contributed by atoms with Crippen LogP contribution in [-0.2, 0) is 22.7 Å². The van der Waals surface area contributed by atoms with Gasteiger partial charge in [0.2, 0.25) is 0 Å². The molecule has 0 radical (unpaired) electrons. The molecule has 0 fully saturated rings. The summed E-state index contributed by atoms with van der Waals surface area (Å²) in [6.45, 7) is 0.196. The summed E-state index contributed by atoms with van der Waals surface area (Å²) in [6, 6.07) is 7.59. The molecule has 0 aromatic heterocycles. The molecule has 1 rings (SSSR count). The number of hydrogen-bond acceptors (Lipinski definition) is 4. The predicted octanol–water partition coefficient (Wildman–Crippen LogP) is 0.619. The van der Waals surface area contributed by atoms with Gasteiger partial charge < -0.3 is 19.7 Å². The molecule has 0 bridgehead atoms. The fraction of sp³-hybridized carbons (Fsp3) is 0.400. The highest BCUT2D eigenvalue weighted by Crippen LogP contribution is 2.07. The van der Waals surface area contributed by atoms with Gasteiger partial charge >= 0.3 is 0 Å². The van der Waals surface area contributed by atoms with Gasteiger partial charge in [0.25, 0.3) is 0 Å². The summed E-state index contributed by atoms with van der Waals surface area (Å²) >= 11 is 0. The van der Waals surface area contributed by atoms with Gasteiger partial charge in [-0.1, -0.05) is 24.3 Å². The van der Waals surface area contributed by atoms with Crippen LogP contribution in [0.4, 0.5) is 0 Å². The molecular formula is C10H14O4. The number of aliphatic hydroxyl groups excluding tert-OH is 2. The van der Waals surface area contributed by atoms with Crippen molar-refractivity contribution in [3.8, 4) is 0 Å². The van der Waals surface area contributed by atoms with Crippen molar-refractivity contribution in [1.82, 2.24) is 0 Å². The molecule has 1 aromatic rings. The predicted molar refractivity (Wildman–Crippen MR) is 50.2 cm³/mol. The Kier molecular flexibility index (Phi) is 5.17. The van der Waals surface area contributed by atoms with Crippen molar-refractivity contribution < 1.29 is 19.7 Å². The van der Waals surface area contributed by atoms with E-state index in [1.165, 1.54) is 0 Å². The molecule has 0 aliphatic heterocycles. The first-order chi connectivity index (χ1) is 6.86. The Bertz CT molecular complexity index is 239. The number of hydrogen-bond donors (Lipinski definition) is 2. The highest BCUT2D eigenvalue weighted by atomic mass is 16.6. The van der Waals surface area contributed by atoms with Crippen LogP contribution < -0.4 is 0 Å². The minimum Gasteiger partial charge on any atom is -0.371 e. The van der Waals surface area contributed by atoms with Gasteiger partial charge in [-0.3, -0.25) is 0 Å². The zero-order valence-electron chi connectivity index (χ0n) is 7.85. The van der Waals surface area contributed by atoms with E-state index in [4.69, 9.17) is 19.7 Å². The maximum atomic E-state index is 8.46. The molecule has 0 atom stereocenters. The normalized spacial score (nSPS) is 10.4. The molecule has 2 N–H and O–H groups in total. The second-order valence-electron chi connectivity index (χ2n) is 2.78. The van der Waals surface area contributed by atoms with Crippen molar-refractivity contribution in [1.29, 1.82) is 0 Å². The molecule has 14 heavy (non-hydrogen) atoms. The van der Waals surface area contributed by atoms with Crippen molar-refractivity contribution in [3.05, 3.63) is 35.4 Å². The second-order valence-corrected chi connectivity index (χ2v) is 2.78. The van der Waals surface area contributed by atoms with Gasteiger partial charge in [-0.05, 0) is 11.1 Å². The molecule has 1 aromatic carbocycles. The molecule has 0 heterocycles. The molecule has 4 nitrogen and oxygen atoms in total. The second kappa shape index (κ2) is 6.50. The number of benzene rings is 1. The van der Waals surface area contributed by atoms with Crippen molar-refractivity contribution >= 4 is 0 Å². The molecule has 78 valence electrons. The molecule has 0 aliphatic carbocycles. The van der Waals surface area contributed by atoms with Gasteiger partial charge in [-0.15, -0.1) is 0 Å². The Morgan fingerprint density at radius 2 is 1.43 bits per heavy atom. The number of aliphatic hydroxyl groups is 2. The fourth-order valence-electron chi connectivity index (χ4n) is 1.14. The molecule has 0 aliphatic rings. The summed E-state index contributed by atoms with van der Waals surface area (Å²) in [4.78, 5) is 0. The summed E-state index contributed by atoms with van der Waals surface area (Å²) in [5.74, 6) is 0.